The summed E-state index contributed by atoms with van der Waals surface area (Å²) in [5.41, 5.74) is 2.52. The molecule has 0 saturated carbocycles. The van der Waals surface area contributed by atoms with Crippen molar-refractivity contribution in [2.24, 2.45) is 0 Å². The molecule has 0 radical (unpaired) electrons. The number of ether oxygens (including phenoxy) is 2. The van der Waals surface area contributed by atoms with Crippen LogP contribution in [0.25, 0.3) is 0 Å². The summed E-state index contributed by atoms with van der Waals surface area (Å²) in [7, 11) is 0. The summed E-state index contributed by atoms with van der Waals surface area (Å²) in [5.74, 6) is 1.07. The second kappa shape index (κ2) is 8.22. The van der Waals surface area contributed by atoms with Gasteiger partial charge in [-0.1, -0.05) is 19.1 Å². The van der Waals surface area contributed by atoms with Crippen molar-refractivity contribution >= 4 is 11.6 Å². The molecule has 0 unspecified atom stereocenters. The van der Waals surface area contributed by atoms with Gasteiger partial charge in [-0.15, -0.1) is 0 Å². The summed E-state index contributed by atoms with van der Waals surface area (Å²) in [6.45, 7) is 6.97. The quantitative estimate of drug-likeness (QED) is 0.829. The fourth-order valence-electron chi connectivity index (χ4n) is 2.26. The first-order valence-electron chi connectivity index (χ1n) is 7.97. The molecule has 2 aromatic carbocycles. The average molecular weight is 313 g/mol. The van der Waals surface area contributed by atoms with Crippen LogP contribution in [0.2, 0.25) is 0 Å². The van der Waals surface area contributed by atoms with Gasteiger partial charge in [0.25, 0.3) is 5.91 Å². The maximum atomic E-state index is 12.4. The third kappa shape index (κ3) is 4.49. The lowest BCUT2D eigenvalue weighted by molar-refractivity contribution is 0.102. The maximum Gasteiger partial charge on any atom is 0.255 e. The van der Waals surface area contributed by atoms with E-state index >= 15 is 0 Å². The molecule has 1 amide bonds. The Morgan fingerprint density at radius 1 is 0.957 bits per heavy atom. The number of amides is 1. The Balaban J connectivity index is 2.19. The molecule has 2 aromatic rings. The molecule has 122 valence electrons. The Labute approximate surface area is 137 Å². The predicted molar refractivity (Wildman–Crippen MR) is 92.6 cm³/mol. The minimum absolute atomic E-state index is 0.165. The minimum Gasteiger partial charge on any atom is -0.490 e. The van der Waals surface area contributed by atoms with Gasteiger partial charge in [0.05, 0.1) is 13.2 Å². The molecule has 0 heterocycles. The number of hydrogen-bond donors (Lipinski definition) is 1. The summed E-state index contributed by atoms with van der Waals surface area (Å²) in [4.78, 5) is 12.4. The van der Waals surface area contributed by atoms with Crippen molar-refractivity contribution in [1.82, 2.24) is 0 Å². The van der Waals surface area contributed by atoms with Crippen molar-refractivity contribution in [2.45, 2.75) is 27.2 Å². The maximum absolute atomic E-state index is 12.4. The van der Waals surface area contributed by atoms with E-state index in [0.29, 0.717) is 30.3 Å². The Morgan fingerprint density at radius 2 is 1.70 bits per heavy atom. The van der Waals surface area contributed by atoms with Gasteiger partial charge >= 0.3 is 0 Å². The summed E-state index contributed by atoms with van der Waals surface area (Å²) >= 11 is 0. The molecule has 0 aliphatic rings. The van der Waals surface area contributed by atoms with E-state index in [-0.39, 0.29) is 5.91 Å². The SMILES string of the molecule is CCOc1ccc(C(=O)Nc2cccc(CC)c2)cc1OCC. The zero-order chi connectivity index (χ0) is 16.7. The fourth-order valence-corrected chi connectivity index (χ4v) is 2.26. The number of aryl methyl sites for hydroxylation is 1. The highest BCUT2D eigenvalue weighted by Crippen LogP contribution is 2.29. The fraction of sp³-hybridized carbons (Fsp3) is 0.316. The second-order valence-corrected chi connectivity index (χ2v) is 5.04. The first-order valence-corrected chi connectivity index (χ1v) is 7.97. The Kier molecular flexibility index (Phi) is 6.03. The number of carbonyl (C=O) groups is 1. The molecule has 23 heavy (non-hydrogen) atoms. The molecule has 4 heteroatoms. The number of carbonyl (C=O) groups excluding carboxylic acids is 1. The van der Waals surface area contributed by atoms with Crippen molar-refractivity contribution in [3.05, 3.63) is 53.6 Å². The molecule has 0 atom stereocenters. The van der Waals surface area contributed by atoms with E-state index in [1.54, 1.807) is 18.2 Å². The lowest BCUT2D eigenvalue weighted by Crippen LogP contribution is -2.12. The Hall–Kier alpha value is -2.49. The third-order valence-electron chi connectivity index (χ3n) is 3.40. The van der Waals surface area contributed by atoms with Crippen LogP contribution in [0.15, 0.2) is 42.5 Å². The smallest absolute Gasteiger partial charge is 0.255 e. The summed E-state index contributed by atoms with van der Waals surface area (Å²) in [6.07, 6.45) is 0.932. The number of anilines is 1. The van der Waals surface area contributed by atoms with Crippen LogP contribution in [-0.4, -0.2) is 19.1 Å². The number of benzene rings is 2. The van der Waals surface area contributed by atoms with E-state index in [0.717, 1.165) is 12.1 Å². The van der Waals surface area contributed by atoms with Crippen molar-refractivity contribution in [3.63, 3.8) is 0 Å². The molecular formula is C19H23NO3. The van der Waals surface area contributed by atoms with Gasteiger partial charge < -0.3 is 14.8 Å². The monoisotopic (exact) mass is 313 g/mol. The highest BCUT2D eigenvalue weighted by Gasteiger charge is 2.12. The van der Waals surface area contributed by atoms with Crippen LogP contribution in [0.1, 0.15) is 36.7 Å². The molecule has 0 aromatic heterocycles. The van der Waals surface area contributed by atoms with Crippen LogP contribution in [0.4, 0.5) is 5.69 Å². The van der Waals surface area contributed by atoms with E-state index in [9.17, 15) is 4.79 Å². The highest BCUT2D eigenvalue weighted by atomic mass is 16.5. The van der Waals surface area contributed by atoms with Gasteiger partial charge in [-0.3, -0.25) is 4.79 Å². The second-order valence-electron chi connectivity index (χ2n) is 5.04. The van der Waals surface area contributed by atoms with Crippen LogP contribution in [-0.2, 0) is 6.42 Å². The van der Waals surface area contributed by atoms with Gasteiger partial charge in [-0.2, -0.15) is 0 Å². The van der Waals surface area contributed by atoms with Gasteiger partial charge in [0.1, 0.15) is 0 Å². The van der Waals surface area contributed by atoms with Crippen molar-refractivity contribution in [3.8, 4) is 11.5 Å². The zero-order valence-corrected chi connectivity index (χ0v) is 13.9. The van der Waals surface area contributed by atoms with Crippen LogP contribution >= 0.6 is 0 Å². The number of hydrogen-bond acceptors (Lipinski definition) is 3. The van der Waals surface area contributed by atoms with Crippen molar-refractivity contribution in [1.29, 1.82) is 0 Å². The van der Waals surface area contributed by atoms with E-state index < -0.39 is 0 Å². The van der Waals surface area contributed by atoms with Crippen molar-refractivity contribution < 1.29 is 14.3 Å². The van der Waals surface area contributed by atoms with Gasteiger partial charge in [-0.05, 0) is 56.2 Å². The molecule has 0 spiro atoms. The molecule has 2 rings (SSSR count). The highest BCUT2D eigenvalue weighted by molar-refractivity contribution is 6.04. The van der Waals surface area contributed by atoms with Gasteiger partial charge in [-0.25, -0.2) is 0 Å². The minimum atomic E-state index is -0.165. The summed E-state index contributed by atoms with van der Waals surface area (Å²) < 4.78 is 11.1. The van der Waals surface area contributed by atoms with Crippen molar-refractivity contribution in [2.75, 3.05) is 18.5 Å². The predicted octanol–water partition coefficient (Wildman–Crippen LogP) is 4.30. The molecule has 1 N–H and O–H groups in total. The first-order chi connectivity index (χ1) is 11.2. The normalized spacial score (nSPS) is 10.2. The lowest BCUT2D eigenvalue weighted by atomic mass is 10.1. The lowest BCUT2D eigenvalue weighted by Gasteiger charge is -2.12. The topological polar surface area (TPSA) is 47.6 Å². The van der Waals surface area contributed by atoms with Crippen LogP contribution in [0, 0.1) is 0 Å². The van der Waals surface area contributed by atoms with Crippen LogP contribution in [0.3, 0.4) is 0 Å². The van der Waals surface area contributed by atoms with Crippen LogP contribution < -0.4 is 14.8 Å². The Bertz CT molecular complexity index is 667. The first kappa shape index (κ1) is 16.9. The van der Waals surface area contributed by atoms with Gasteiger partial charge in [0, 0.05) is 11.3 Å². The van der Waals surface area contributed by atoms with E-state index in [2.05, 4.69) is 12.2 Å². The molecule has 0 fully saturated rings. The van der Waals surface area contributed by atoms with E-state index in [1.165, 1.54) is 5.56 Å². The third-order valence-corrected chi connectivity index (χ3v) is 3.40. The number of rotatable bonds is 7. The largest absolute Gasteiger partial charge is 0.490 e. The summed E-state index contributed by atoms with van der Waals surface area (Å²) in [5, 5.41) is 2.92. The van der Waals surface area contributed by atoms with E-state index in [4.69, 9.17) is 9.47 Å². The Morgan fingerprint density at radius 3 is 2.39 bits per heavy atom. The van der Waals surface area contributed by atoms with Crippen LogP contribution in [0.5, 0.6) is 11.5 Å². The summed E-state index contributed by atoms with van der Waals surface area (Å²) in [6, 6.07) is 13.1. The molecular weight excluding hydrogens is 290 g/mol. The average Bonchev–Trinajstić information content (AvgIpc) is 2.57. The molecule has 0 aliphatic heterocycles. The number of nitrogens with one attached hydrogen (secondary N) is 1. The zero-order valence-electron chi connectivity index (χ0n) is 13.9. The van der Waals surface area contributed by atoms with Gasteiger partial charge in [0.15, 0.2) is 11.5 Å². The standard InChI is InChI=1S/C19H23NO3/c1-4-14-8-7-9-16(12-14)20-19(21)15-10-11-17(22-5-2)18(13-15)23-6-3/h7-13H,4-6H2,1-3H3,(H,20,21). The van der Waals surface area contributed by atoms with Gasteiger partial charge in [0.2, 0.25) is 0 Å². The molecule has 0 aliphatic carbocycles. The molecule has 0 bridgehead atoms. The molecule has 4 nitrogen and oxygen atoms in total. The molecule has 0 saturated heterocycles. The van der Waals surface area contributed by atoms with E-state index in [1.807, 2.05) is 38.1 Å².